The molecule has 11 rings (SSSR count). The van der Waals surface area contributed by atoms with Gasteiger partial charge in [0, 0.05) is 51.4 Å². The Balaban J connectivity index is 0.000000128. The quantitative estimate of drug-likeness (QED) is 0.123. The van der Waals surface area contributed by atoms with E-state index in [9.17, 15) is 33.6 Å². The van der Waals surface area contributed by atoms with Crippen LogP contribution in [0.2, 0.25) is 0 Å². The minimum Gasteiger partial charge on any atom is -0.481 e. The molecule has 8 heterocycles. The van der Waals surface area contributed by atoms with Crippen LogP contribution in [0.1, 0.15) is 140 Å². The van der Waals surface area contributed by atoms with E-state index in [-0.39, 0.29) is 74.1 Å². The van der Waals surface area contributed by atoms with E-state index in [0.29, 0.717) is 48.6 Å². The summed E-state index contributed by atoms with van der Waals surface area (Å²) in [4.78, 5) is 88.9. The lowest BCUT2D eigenvalue weighted by Gasteiger charge is -2.22. The molecular weight excluding hydrogens is 817 g/mol. The Morgan fingerprint density at radius 1 is 0.594 bits per heavy atom. The highest BCUT2D eigenvalue weighted by Crippen LogP contribution is 2.50. The minimum atomic E-state index is -0.849. The van der Waals surface area contributed by atoms with Crippen molar-refractivity contribution in [3.05, 3.63) is 155 Å². The zero-order valence-corrected chi connectivity index (χ0v) is 35.3. The molecule has 64 heavy (non-hydrogen) atoms. The average Bonchev–Trinajstić information content (AvgIpc) is 4.18. The van der Waals surface area contributed by atoms with Crippen LogP contribution in [0.3, 0.4) is 0 Å². The molecule has 2 fully saturated rings. The van der Waals surface area contributed by atoms with Crippen molar-refractivity contribution in [2.75, 3.05) is 0 Å². The Hall–Kier alpha value is -6.93. The summed E-state index contributed by atoms with van der Waals surface area (Å²) in [6.45, 7) is 3.52. The van der Waals surface area contributed by atoms with E-state index in [4.69, 9.17) is 9.94 Å². The molecule has 6 atom stereocenters. The van der Waals surface area contributed by atoms with Crippen molar-refractivity contribution >= 4 is 41.5 Å². The highest BCUT2D eigenvalue weighted by Gasteiger charge is 2.43. The number of nitrogens with zero attached hydrogens (tertiary/aromatic N) is 3. The number of hydrogen-bond acceptors (Lipinski definition) is 10. The van der Waals surface area contributed by atoms with Crippen LogP contribution in [-0.2, 0) is 43.1 Å². The third kappa shape index (κ3) is 9.23. The van der Waals surface area contributed by atoms with Crippen LogP contribution in [0.15, 0.2) is 122 Å². The molecular formula is C50H50N4O10. The summed E-state index contributed by atoms with van der Waals surface area (Å²) in [5.41, 5.74) is 7.61. The Kier molecular flexibility index (Phi) is 13.1. The van der Waals surface area contributed by atoms with Crippen LogP contribution < -0.4 is 5.32 Å². The predicted octanol–water partition coefficient (Wildman–Crippen LogP) is 7.56. The molecule has 2 saturated heterocycles. The van der Waals surface area contributed by atoms with Crippen LogP contribution in [-0.4, -0.2) is 61.5 Å². The number of ether oxygens (including phenoxy) is 1. The van der Waals surface area contributed by atoms with E-state index in [0.717, 1.165) is 24.0 Å². The molecule has 14 heteroatoms. The van der Waals surface area contributed by atoms with Gasteiger partial charge in [0.05, 0.1) is 36.3 Å². The monoisotopic (exact) mass is 866 g/mol. The number of hydrogen-bond donors (Lipinski definition) is 2. The molecule has 6 bridgehead atoms. The van der Waals surface area contributed by atoms with Gasteiger partial charge >= 0.3 is 17.9 Å². The standard InChI is InChI=1S/C19H18N2O5.C15H15NO3.C10H9N.C6H8O2/c22-16(6-3-7-19(25)26-21-17(23)10-11-18(21)24)20-14-8-9-15(20)13-5-2-1-4-12(13)14;17-14(6-3-7-15(18)19)16-12-8-9-13(16)11-5-2-1-4-10(11)12;1-2-4-8-7(3-1)9-5-6-10(8)11-9;1-5-3-2-4-6(7)8-5/h1-2,4-5,8-9,14-15H,3,6-7,10-11H2;1-2,4-5,8-9,12-13H,3,6-7H2,(H,18,19);1-6,9-11H;1-4H2. The van der Waals surface area contributed by atoms with Gasteiger partial charge in [0.2, 0.25) is 11.8 Å². The van der Waals surface area contributed by atoms with Crippen molar-refractivity contribution in [1.82, 2.24) is 20.2 Å². The lowest BCUT2D eigenvalue weighted by atomic mass is 9.97. The lowest BCUT2D eigenvalue weighted by Crippen LogP contribution is -2.32. The van der Waals surface area contributed by atoms with E-state index in [1.807, 2.05) is 58.4 Å². The first-order chi connectivity index (χ1) is 31.0. The Labute approximate surface area is 370 Å². The molecule has 0 saturated carbocycles. The van der Waals surface area contributed by atoms with Gasteiger partial charge in [-0.05, 0) is 52.6 Å². The first-order valence-corrected chi connectivity index (χ1v) is 21.8. The SMILES string of the molecule is C1=CC2NC1c1ccccc12.C=C1CCCC(=O)O1.O=C(CCCC(=O)N1C2C=CC1c1ccccc12)ON1C(=O)CCC1=O.O=C(O)CCCC(=O)N1C2C=CC1c1ccccc12. The third-order valence-electron chi connectivity index (χ3n) is 12.4. The molecule has 0 aliphatic carbocycles. The number of hydroxylamine groups is 2. The number of carbonyl (C=O) groups is 7. The molecule has 6 unspecified atom stereocenters. The van der Waals surface area contributed by atoms with Crippen molar-refractivity contribution in [3.63, 3.8) is 0 Å². The van der Waals surface area contributed by atoms with Gasteiger partial charge in [0.25, 0.3) is 11.8 Å². The molecule has 14 nitrogen and oxygen atoms in total. The van der Waals surface area contributed by atoms with Gasteiger partial charge < -0.3 is 24.5 Å². The maximum atomic E-state index is 12.6. The van der Waals surface area contributed by atoms with Gasteiger partial charge in [-0.25, -0.2) is 4.79 Å². The molecule has 2 N–H and O–H groups in total. The van der Waals surface area contributed by atoms with Crippen LogP contribution in [0.4, 0.5) is 0 Å². The highest BCUT2D eigenvalue weighted by atomic mass is 16.7. The summed E-state index contributed by atoms with van der Waals surface area (Å²) in [5, 5.41) is 12.6. The van der Waals surface area contributed by atoms with E-state index < -0.39 is 23.8 Å². The molecule has 3 aromatic rings. The Bertz CT molecular complexity index is 2350. The third-order valence-corrected chi connectivity index (χ3v) is 12.4. The van der Waals surface area contributed by atoms with Crippen molar-refractivity contribution in [1.29, 1.82) is 0 Å². The van der Waals surface area contributed by atoms with E-state index in [2.05, 4.69) is 77.3 Å². The summed E-state index contributed by atoms with van der Waals surface area (Å²) in [6, 6.07) is 25.7. The lowest BCUT2D eigenvalue weighted by molar-refractivity contribution is -0.197. The van der Waals surface area contributed by atoms with Gasteiger partial charge in [-0.1, -0.05) is 116 Å². The molecule has 0 aromatic heterocycles. The van der Waals surface area contributed by atoms with E-state index in [1.165, 1.54) is 22.3 Å². The highest BCUT2D eigenvalue weighted by molar-refractivity contribution is 6.01. The largest absolute Gasteiger partial charge is 0.481 e. The normalized spacial score (nSPS) is 23.9. The summed E-state index contributed by atoms with van der Waals surface area (Å²) >= 11 is 0. The number of allylic oxidation sites excluding steroid dienone is 1. The minimum absolute atomic E-state index is 0.0215. The van der Waals surface area contributed by atoms with Crippen LogP contribution in [0, 0.1) is 0 Å². The van der Waals surface area contributed by atoms with Crippen molar-refractivity contribution in [3.8, 4) is 0 Å². The van der Waals surface area contributed by atoms with Gasteiger partial charge in [-0.15, -0.1) is 5.06 Å². The molecule has 8 aliphatic heterocycles. The molecule has 3 aromatic carbocycles. The van der Waals surface area contributed by atoms with E-state index >= 15 is 0 Å². The maximum absolute atomic E-state index is 12.6. The number of esters is 1. The number of aliphatic carboxylic acids is 1. The Morgan fingerprint density at radius 3 is 1.41 bits per heavy atom. The van der Waals surface area contributed by atoms with E-state index in [1.54, 1.807) is 0 Å². The van der Waals surface area contributed by atoms with Crippen LogP contribution in [0.5, 0.6) is 0 Å². The van der Waals surface area contributed by atoms with Gasteiger partial charge in [0.15, 0.2) is 0 Å². The van der Waals surface area contributed by atoms with Crippen molar-refractivity contribution in [2.45, 2.75) is 107 Å². The topological polar surface area (TPSA) is 180 Å². The first kappa shape index (κ1) is 43.7. The number of rotatable bonds is 9. The van der Waals surface area contributed by atoms with Gasteiger partial charge in [-0.2, -0.15) is 0 Å². The summed E-state index contributed by atoms with van der Waals surface area (Å²) in [6.07, 6.45) is 16.3. The first-order valence-electron chi connectivity index (χ1n) is 21.8. The molecule has 8 aliphatic rings. The fourth-order valence-electron chi connectivity index (χ4n) is 9.39. The second-order valence-electron chi connectivity index (χ2n) is 16.6. The summed E-state index contributed by atoms with van der Waals surface area (Å²) < 4.78 is 4.65. The number of carboxylic acids is 1. The number of fused-ring (bicyclic) bond motifs is 15. The number of carboxylic acid groups (broad SMARTS) is 1. The second kappa shape index (κ2) is 19.2. The summed E-state index contributed by atoms with van der Waals surface area (Å²) in [7, 11) is 0. The van der Waals surface area contributed by atoms with Gasteiger partial charge in [-0.3, -0.25) is 34.1 Å². The number of amides is 4. The number of imide groups is 1. The number of carbonyl (C=O) groups excluding carboxylic acids is 6. The second-order valence-corrected chi connectivity index (χ2v) is 16.6. The van der Waals surface area contributed by atoms with Crippen LogP contribution in [0.25, 0.3) is 0 Å². The van der Waals surface area contributed by atoms with Crippen LogP contribution >= 0.6 is 0 Å². The van der Waals surface area contributed by atoms with Crippen molar-refractivity contribution in [2.24, 2.45) is 0 Å². The zero-order chi connectivity index (χ0) is 44.9. The molecule has 0 spiro atoms. The smallest absolute Gasteiger partial charge is 0.333 e. The number of nitrogens with one attached hydrogen (secondary N) is 1. The molecule has 330 valence electrons. The number of benzene rings is 3. The van der Waals surface area contributed by atoms with Gasteiger partial charge in [0.1, 0.15) is 5.76 Å². The molecule has 4 amide bonds. The van der Waals surface area contributed by atoms with Crippen molar-refractivity contribution < 1.29 is 48.2 Å². The fraction of sp³-hybridized carbons (Fsp3) is 0.340. The molecule has 0 radical (unpaired) electrons. The number of cyclic esters (lactones) is 1. The summed E-state index contributed by atoms with van der Waals surface area (Å²) in [5.74, 6) is -2.04. The maximum Gasteiger partial charge on any atom is 0.333 e. The Morgan fingerprint density at radius 2 is 1.02 bits per heavy atom. The average molecular weight is 867 g/mol. The fourth-order valence-corrected chi connectivity index (χ4v) is 9.39. The predicted molar refractivity (Wildman–Crippen MR) is 232 cm³/mol. The zero-order valence-electron chi connectivity index (χ0n) is 35.3.